The second kappa shape index (κ2) is 8.49. The molecule has 2 rings (SSSR count). The first-order valence-electron chi connectivity index (χ1n) is 8.14. The van der Waals surface area contributed by atoms with E-state index in [9.17, 15) is 5.11 Å². The number of hydrogen-bond acceptors (Lipinski definition) is 2. The zero-order valence-corrected chi connectivity index (χ0v) is 13.3. The predicted octanol–water partition coefficient (Wildman–Crippen LogP) is -1.24. The molecule has 1 aromatic carbocycles. The molecular formula is C17H30N2O2+2. The van der Waals surface area contributed by atoms with Crippen LogP contribution in [-0.4, -0.2) is 56.6 Å². The van der Waals surface area contributed by atoms with Gasteiger partial charge in [0, 0.05) is 5.56 Å². The average molecular weight is 294 g/mol. The highest BCUT2D eigenvalue weighted by molar-refractivity contribution is 5.13. The molecule has 1 saturated heterocycles. The molecule has 0 saturated carbocycles. The SMILES string of the molecule is CC(C)OCC(O)C[NH+]1CC[NH+](Cc2ccccc2)CC1. The Morgan fingerprint density at radius 3 is 2.29 bits per heavy atom. The van der Waals surface area contributed by atoms with Crippen molar-refractivity contribution in [2.24, 2.45) is 0 Å². The summed E-state index contributed by atoms with van der Waals surface area (Å²) >= 11 is 0. The summed E-state index contributed by atoms with van der Waals surface area (Å²) in [4.78, 5) is 3.16. The number of rotatable bonds is 7. The van der Waals surface area contributed by atoms with Crippen molar-refractivity contribution in [3.63, 3.8) is 0 Å². The standard InChI is InChI=1S/C17H28N2O2/c1-15(2)21-14-17(20)13-19-10-8-18(9-11-19)12-16-6-4-3-5-7-16/h3-7,15,17,20H,8-14H2,1-2H3/p+2. The van der Waals surface area contributed by atoms with Crippen molar-refractivity contribution >= 4 is 0 Å². The van der Waals surface area contributed by atoms with Crippen LogP contribution in [0.25, 0.3) is 0 Å². The number of benzene rings is 1. The summed E-state index contributed by atoms with van der Waals surface area (Å²) in [6.07, 6.45) is -0.139. The van der Waals surface area contributed by atoms with Gasteiger partial charge in [0.05, 0.1) is 12.7 Å². The Labute approximate surface area is 128 Å². The van der Waals surface area contributed by atoms with Crippen molar-refractivity contribution in [1.82, 2.24) is 0 Å². The third kappa shape index (κ3) is 6.14. The Balaban J connectivity index is 1.66. The third-order valence-corrected chi connectivity index (χ3v) is 4.11. The van der Waals surface area contributed by atoms with E-state index >= 15 is 0 Å². The molecule has 1 fully saturated rings. The monoisotopic (exact) mass is 294 g/mol. The molecule has 1 heterocycles. The van der Waals surface area contributed by atoms with Gasteiger partial charge in [-0.25, -0.2) is 0 Å². The van der Waals surface area contributed by atoms with Gasteiger partial charge in [-0.15, -0.1) is 0 Å². The molecule has 1 atom stereocenters. The van der Waals surface area contributed by atoms with E-state index in [-0.39, 0.29) is 12.2 Å². The third-order valence-electron chi connectivity index (χ3n) is 4.11. The molecule has 0 radical (unpaired) electrons. The van der Waals surface area contributed by atoms with Crippen LogP contribution in [0.3, 0.4) is 0 Å². The normalized spacial score (nSPS) is 24.2. The Morgan fingerprint density at radius 2 is 1.67 bits per heavy atom. The van der Waals surface area contributed by atoms with E-state index in [2.05, 4.69) is 30.3 Å². The minimum Gasteiger partial charge on any atom is -0.385 e. The van der Waals surface area contributed by atoms with Crippen LogP contribution in [0.1, 0.15) is 19.4 Å². The van der Waals surface area contributed by atoms with Gasteiger partial charge in [0.1, 0.15) is 45.4 Å². The fourth-order valence-electron chi connectivity index (χ4n) is 2.92. The van der Waals surface area contributed by atoms with Gasteiger partial charge in [-0.2, -0.15) is 0 Å². The van der Waals surface area contributed by atoms with Crippen LogP contribution in [0, 0.1) is 0 Å². The van der Waals surface area contributed by atoms with Crippen LogP contribution in [-0.2, 0) is 11.3 Å². The van der Waals surface area contributed by atoms with Crippen molar-refractivity contribution in [2.45, 2.75) is 32.6 Å². The van der Waals surface area contributed by atoms with Gasteiger partial charge in [0.15, 0.2) is 0 Å². The number of hydrogen-bond donors (Lipinski definition) is 3. The Bertz CT molecular complexity index is 389. The summed E-state index contributed by atoms with van der Waals surface area (Å²) in [5, 5.41) is 10.00. The summed E-state index contributed by atoms with van der Waals surface area (Å²) in [6, 6.07) is 10.7. The van der Waals surface area contributed by atoms with Gasteiger partial charge in [-0.3, -0.25) is 0 Å². The smallest absolute Gasteiger partial charge is 0.127 e. The second-order valence-corrected chi connectivity index (χ2v) is 6.40. The van der Waals surface area contributed by atoms with Crippen LogP contribution >= 0.6 is 0 Å². The average Bonchev–Trinajstić information content (AvgIpc) is 2.48. The first-order valence-corrected chi connectivity index (χ1v) is 8.14. The molecule has 0 aliphatic carbocycles. The molecule has 0 spiro atoms. The highest BCUT2D eigenvalue weighted by atomic mass is 16.5. The molecule has 118 valence electrons. The van der Waals surface area contributed by atoms with Gasteiger partial charge >= 0.3 is 0 Å². The fraction of sp³-hybridized carbons (Fsp3) is 0.647. The Morgan fingerprint density at radius 1 is 1.05 bits per heavy atom. The van der Waals surface area contributed by atoms with E-state index in [1.54, 1.807) is 4.90 Å². The van der Waals surface area contributed by atoms with E-state index in [1.807, 2.05) is 13.8 Å². The Kier molecular flexibility index (Phi) is 6.64. The number of ether oxygens (including phenoxy) is 1. The molecular weight excluding hydrogens is 264 g/mol. The first-order chi connectivity index (χ1) is 10.1. The van der Waals surface area contributed by atoms with Crippen LogP contribution in [0.5, 0.6) is 0 Å². The predicted molar refractivity (Wildman–Crippen MR) is 83.5 cm³/mol. The summed E-state index contributed by atoms with van der Waals surface area (Å²) in [7, 11) is 0. The largest absolute Gasteiger partial charge is 0.385 e. The lowest BCUT2D eigenvalue weighted by Crippen LogP contribution is -3.28. The molecule has 1 unspecified atom stereocenters. The van der Waals surface area contributed by atoms with Gasteiger partial charge in [0.25, 0.3) is 0 Å². The van der Waals surface area contributed by atoms with Crippen molar-refractivity contribution < 1.29 is 19.6 Å². The minimum atomic E-state index is -0.335. The van der Waals surface area contributed by atoms with Crippen LogP contribution in [0.4, 0.5) is 0 Å². The number of aliphatic hydroxyl groups is 1. The summed E-state index contributed by atoms with van der Waals surface area (Å²) in [5.41, 5.74) is 1.42. The molecule has 4 nitrogen and oxygen atoms in total. The maximum absolute atomic E-state index is 10.00. The highest BCUT2D eigenvalue weighted by Crippen LogP contribution is 1.95. The van der Waals surface area contributed by atoms with E-state index in [0.29, 0.717) is 6.61 Å². The minimum absolute atomic E-state index is 0.196. The number of quaternary nitrogens is 2. The van der Waals surface area contributed by atoms with Gasteiger partial charge in [0.2, 0.25) is 0 Å². The van der Waals surface area contributed by atoms with E-state index < -0.39 is 0 Å². The van der Waals surface area contributed by atoms with Crippen LogP contribution < -0.4 is 9.80 Å². The summed E-state index contributed by atoms with van der Waals surface area (Å²) in [6.45, 7) is 11.0. The summed E-state index contributed by atoms with van der Waals surface area (Å²) in [5.74, 6) is 0. The van der Waals surface area contributed by atoms with Gasteiger partial charge < -0.3 is 19.6 Å². The van der Waals surface area contributed by atoms with E-state index in [4.69, 9.17) is 4.74 Å². The molecule has 0 bridgehead atoms. The first kappa shape index (κ1) is 16.4. The van der Waals surface area contributed by atoms with Crippen molar-refractivity contribution in [3.8, 4) is 0 Å². The fourth-order valence-corrected chi connectivity index (χ4v) is 2.92. The zero-order valence-electron chi connectivity index (χ0n) is 13.3. The summed E-state index contributed by atoms with van der Waals surface area (Å²) < 4.78 is 5.48. The van der Waals surface area contributed by atoms with Crippen molar-refractivity contribution in [1.29, 1.82) is 0 Å². The zero-order chi connectivity index (χ0) is 15.1. The van der Waals surface area contributed by atoms with Crippen LogP contribution in [0.2, 0.25) is 0 Å². The molecule has 4 heteroatoms. The van der Waals surface area contributed by atoms with Gasteiger partial charge in [-0.05, 0) is 13.8 Å². The molecule has 21 heavy (non-hydrogen) atoms. The van der Waals surface area contributed by atoms with E-state index in [0.717, 1.165) is 26.2 Å². The number of piperazine rings is 1. The molecule has 1 aliphatic heterocycles. The molecule has 3 N–H and O–H groups in total. The lowest BCUT2D eigenvalue weighted by atomic mass is 10.2. The molecule has 1 aromatic rings. The van der Waals surface area contributed by atoms with E-state index in [1.165, 1.54) is 23.6 Å². The second-order valence-electron chi connectivity index (χ2n) is 6.40. The number of nitrogens with one attached hydrogen (secondary N) is 2. The maximum atomic E-state index is 10.00. The lowest BCUT2D eigenvalue weighted by molar-refractivity contribution is -1.02. The lowest BCUT2D eigenvalue weighted by Gasteiger charge is -2.30. The van der Waals surface area contributed by atoms with Crippen LogP contribution in [0.15, 0.2) is 30.3 Å². The topological polar surface area (TPSA) is 38.3 Å². The number of aliphatic hydroxyl groups excluding tert-OH is 1. The molecule has 0 amide bonds. The Hall–Kier alpha value is -0.940. The maximum Gasteiger partial charge on any atom is 0.127 e. The molecule has 1 aliphatic rings. The molecule has 0 aromatic heterocycles. The quantitative estimate of drug-likeness (QED) is 0.588. The van der Waals surface area contributed by atoms with Crippen molar-refractivity contribution in [3.05, 3.63) is 35.9 Å². The van der Waals surface area contributed by atoms with Crippen molar-refractivity contribution in [2.75, 3.05) is 39.3 Å². The van der Waals surface area contributed by atoms with Gasteiger partial charge in [-0.1, -0.05) is 30.3 Å². The highest BCUT2D eigenvalue weighted by Gasteiger charge is 2.25.